The van der Waals surface area contributed by atoms with Crippen molar-refractivity contribution >= 4 is 28.8 Å². The number of aliphatic hydroxyl groups is 1. The second kappa shape index (κ2) is 8.74. The van der Waals surface area contributed by atoms with Gasteiger partial charge in [-0.05, 0) is 60.9 Å². The van der Waals surface area contributed by atoms with Gasteiger partial charge >= 0.3 is 0 Å². The molecule has 0 saturated carbocycles. The van der Waals surface area contributed by atoms with Gasteiger partial charge in [-0.15, -0.1) is 0 Å². The molecule has 1 N–H and O–H groups in total. The molecule has 0 spiro atoms. The normalized spacial score (nSPS) is 17.4. The molecule has 3 aromatic rings. The highest BCUT2D eigenvalue weighted by Gasteiger charge is 2.47. The summed E-state index contributed by atoms with van der Waals surface area (Å²) in [5.74, 6) is -4.37. The zero-order chi connectivity index (χ0) is 24.7. The van der Waals surface area contributed by atoms with Crippen molar-refractivity contribution < 1.29 is 23.5 Å². The fourth-order valence-electron chi connectivity index (χ4n) is 4.05. The maximum atomic E-state index is 14.1. The van der Waals surface area contributed by atoms with Gasteiger partial charge in [0, 0.05) is 37.1 Å². The molecule has 34 heavy (non-hydrogen) atoms. The van der Waals surface area contributed by atoms with E-state index in [4.69, 9.17) is 0 Å². The van der Waals surface area contributed by atoms with Crippen molar-refractivity contribution in [1.29, 1.82) is 0 Å². The third kappa shape index (κ3) is 3.94. The Morgan fingerprint density at radius 1 is 0.882 bits per heavy atom. The highest BCUT2D eigenvalue weighted by Crippen LogP contribution is 2.42. The Labute approximate surface area is 196 Å². The Hall–Kier alpha value is -4.00. The number of ketones is 1. The smallest absolute Gasteiger partial charge is 0.300 e. The predicted molar refractivity (Wildman–Crippen MR) is 128 cm³/mol. The second-order valence-electron chi connectivity index (χ2n) is 8.55. The van der Waals surface area contributed by atoms with E-state index in [0.717, 1.165) is 33.8 Å². The highest BCUT2D eigenvalue weighted by molar-refractivity contribution is 6.51. The van der Waals surface area contributed by atoms with Crippen molar-refractivity contribution in [3.8, 4) is 0 Å². The Bertz CT molecular complexity index is 1330. The molecule has 1 aliphatic heterocycles. The minimum Gasteiger partial charge on any atom is -0.507 e. The molecule has 1 heterocycles. The molecule has 174 valence electrons. The van der Waals surface area contributed by atoms with Gasteiger partial charge in [0.25, 0.3) is 11.7 Å². The fraction of sp³-hybridized carbons (Fsp3) is 0.185. The van der Waals surface area contributed by atoms with E-state index in [1.807, 2.05) is 51.0 Å². The third-order valence-electron chi connectivity index (χ3n) is 6.13. The lowest BCUT2D eigenvalue weighted by molar-refractivity contribution is -0.132. The number of nitrogens with zero attached hydrogens (tertiary/aromatic N) is 2. The van der Waals surface area contributed by atoms with Gasteiger partial charge in [0.1, 0.15) is 5.76 Å². The van der Waals surface area contributed by atoms with E-state index < -0.39 is 29.4 Å². The van der Waals surface area contributed by atoms with Gasteiger partial charge in [-0.25, -0.2) is 8.78 Å². The average Bonchev–Trinajstić information content (AvgIpc) is 3.07. The predicted octanol–water partition coefficient (Wildman–Crippen LogP) is 5.27. The first-order chi connectivity index (χ1) is 16.1. The maximum absolute atomic E-state index is 14.1. The number of halogens is 2. The number of amides is 1. The second-order valence-corrected chi connectivity index (χ2v) is 8.55. The molecular weight excluding hydrogens is 438 g/mol. The van der Waals surface area contributed by atoms with Crippen molar-refractivity contribution in [1.82, 2.24) is 0 Å². The van der Waals surface area contributed by atoms with E-state index in [0.29, 0.717) is 11.1 Å². The summed E-state index contributed by atoms with van der Waals surface area (Å²) in [6.45, 7) is 3.80. The van der Waals surface area contributed by atoms with Crippen LogP contribution in [0, 0.1) is 25.5 Å². The van der Waals surface area contributed by atoms with Crippen LogP contribution in [-0.4, -0.2) is 30.9 Å². The number of benzene rings is 3. The molecule has 5 nitrogen and oxygen atoms in total. The van der Waals surface area contributed by atoms with Crippen LogP contribution in [0.2, 0.25) is 0 Å². The molecule has 1 fully saturated rings. The molecular formula is C27H24F2N2O3. The van der Waals surface area contributed by atoms with Gasteiger partial charge in [-0.1, -0.05) is 24.3 Å². The van der Waals surface area contributed by atoms with Crippen LogP contribution in [0.4, 0.5) is 20.2 Å². The van der Waals surface area contributed by atoms with Gasteiger partial charge < -0.3 is 10.0 Å². The molecule has 0 aliphatic carbocycles. The monoisotopic (exact) mass is 462 g/mol. The van der Waals surface area contributed by atoms with E-state index in [2.05, 4.69) is 0 Å². The summed E-state index contributed by atoms with van der Waals surface area (Å²) >= 11 is 0. The van der Waals surface area contributed by atoms with Gasteiger partial charge in [-0.3, -0.25) is 14.5 Å². The quantitative estimate of drug-likeness (QED) is 0.326. The zero-order valence-corrected chi connectivity index (χ0v) is 19.3. The number of carbonyl (C=O) groups excluding carboxylic acids is 2. The molecule has 1 unspecified atom stereocenters. The number of anilines is 2. The number of aliphatic hydroxyl groups excluding tert-OH is 1. The topological polar surface area (TPSA) is 60.9 Å². The van der Waals surface area contributed by atoms with Crippen LogP contribution in [0.3, 0.4) is 0 Å². The summed E-state index contributed by atoms with van der Waals surface area (Å²) in [6.07, 6.45) is 0. The van der Waals surface area contributed by atoms with Crippen LogP contribution in [0.25, 0.3) is 5.76 Å². The van der Waals surface area contributed by atoms with E-state index >= 15 is 0 Å². The summed E-state index contributed by atoms with van der Waals surface area (Å²) in [4.78, 5) is 29.3. The van der Waals surface area contributed by atoms with Crippen molar-refractivity contribution in [2.24, 2.45) is 0 Å². The van der Waals surface area contributed by atoms with Crippen LogP contribution >= 0.6 is 0 Å². The molecule has 0 radical (unpaired) electrons. The molecule has 3 aromatic carbocycles. The number of Topliss-reactive ketones (excluding diaryl/α,β-unsaturated/α-hetero) is 1. The molecule has 0 bridgehead atoms. The first kappa shape index (κ1) is 23.2. The van der Waals surface area contributed by atoms with Gasteiger partial charge in [0.05, 0.1) is 11.6 Å². The average molecular weight is 462 g/mol. The minimum absolute atomic E-state index is 0.0156. The zero-order valence-electron chi connectivity index (χ0n) is 19.3. The molecule has 1 aliphatic rings. The molecule has 7 heteroatoms. The first-order valence-corrected chi connectivity index (χ1v) is 10.7. The Kier molecular flexibility index (Phi) is 5.96. The number of aryl methyl sites for hydroxylation is 2. The van der Waals surface area contributed by atoms with Crippen LogP contribution in [0.5, 0.6) is 0 Å². The van der Waals surface area contributed by atoms with E-state index in [1.54, 1.807) is 24.3 Å². The summed E-state index contributed by atoms with van der Waals surface area (Å²) in [5.41, 5.74) is 3.64. The fourth-order valence-corrected chi connectivity index (χ4v) is 4.05. The van der Waals surface area contributed by atoms with Gasteiger partial charge in [0.15, 0.2) is 11.6 Å². The molecule has 1 saturated heterocycles. The molecule has 4 rings (SSSR count). The van der Waals surface area contributed by atoms with Crippen LogP contribution in [0.15, 0.2) is 66.2 Å². The van der Waals surface area contributed by atoms with Crippen molar-refractivity contribution in [3.05, 3.63) is 100 Å². The molecule has 1 amide bonds. The van der Waals surface area contributed by atoms with E-state index in [9.17, 15) is 23.5 Å². The minimum atomic E-state index is -1.14. The Morgan fingerprint density at radius 3 is 2.15 bits per heavy atom. The Morgan fingerprint density at radius 2 is 1.56 bits per heavy atom. The SMILES string of the molecule is Cc1ccc(/C(O)=C2\C(=O)C(=O)N(c3ccc(F)c(F)c3)C2c2ccc(N(C)C)cc2)cc1C. The number of carbonyl (C=O) groups is 2. The van der Waals surface area contributed by atoms with Crippen LogP contribution < -0.4 is 9.80 Å². The third-order valence-corrected chi connectivity index (χ3v) is 6.13. The highest BCUT2D eigenvalue weighted by atomic mass is 19.2. The van der Waals surface area contributed by atoms with E-state index in [1.165, 1.54) is 6.07 Å². The number of hydrogen-bond donors (Lipinski definition) is 1. The lowest BCUT2D eigenvalue weighted by Crippen LogP contribution is -2.29. The van der Waals surface area contributed by atoms with Gasteiger partial charge in [-0.2, -0.15) is 0 Å². The lowest BCUT2D eigenvalue weighted by Gasteiger charge is -2.26. The first-order valence-electron chi connectivity index (χ1n) is 10.7. The van der Waals surface area contributed by atoms with Crippen molar-refractivity contribution in [2.45, 2.75) is 19.9 Å². The van der Waals surface area contributed by atoms with E-state index in [-0.39, 0.29) is 17.0 Å². The standard InChI is InChI=1S/C27H24F2N2O3/c1-15-5-6-18(13-16(15)2)25(32)23-24(17-7-9-19(10-8-17)30(3)4)31(27(34)26(23)33)20-11-12-21(28)22(29)14-20/h5-14,24,32H,1-4H3/b25-23+. The lowest BCUT2D eigenvalue weighted by atomic mass is 9.94. The number of hydrogen-bond acceptors (Lipinski definition) is 4. The van der Waals surface area contributed by atoms with Crippen LogP contribution in [0.1, 0.15) is 28.3 Å². The van der Waals surface area contributed by atoms with Crippen LogP contribution in [-0.2, 0) is 9.59 Å². The number of rotatable bonds is 4. The summed E-state index contributed by atoms with van der Waals surface area (Å²) in [5, 5.41) is 11.2. The summed E-state index contributed by atoms with van der Waals surface area (Å²) in [6, 6.07) is 14.3. The summed E-state index contributed by atoms with van der Waals surface area (Å²) < 4.78 is 27.7. The van der Waals surface area contributed by atoms with Crippen molar-refractivity contribution in [3.63, 3.8) is 0 Å². The largest absolute Gasteiger partial charge is 0.507 e. The van der Waals surface area contributed by atoms with Crippen molar-refractivity contribution in [2.75, 3.05) is 23.9 Å². The maximum Gasteiger partial charge on any atom is 0.300 e. The van der Waals surface area contributed by atoms with Gasteiger partial charge in [0.2, 0.25) is 0 Å². The summed E-state index contributed by atoms with van der Waals surface area (Å²) in [7, 11) is 3.75. The molecule has 0 aromatic heterocycles. The molecule has 1 atom stereocenters. The Balaban J connectivity index is 1.95.